The Labute approximate surface area is 157 Å². The minimum atomic E-state index is -3.72. The predicted molar refractivity (Wildman–Crippen MR) is 95.6 cm³/mol. The van der Waals surface area contributed by atoms with Crippen LogP contribution in [0.5, 0.6) is 0 Å². The van der Waals surface area contributed by atoms with Crippen LogP contribution in [-0.4, -0.2) is 47.0 Å². The molecule has 1 aromatic heterocycles. The van der Waals surface area contributed by atoms with Crippen molar-refractivity contribution >= 4 is 16.0 Å². The summed E-state index contributed by atoms with van der Waals surface area (Å²) in [6.07, 6.45) is 2.73. The van der Waals surface area contributed by atoms with E-state index in [0.717, 1.165) is 12.8 Å². The van der Waals surface area contributed by atoms with Gasteiger partial charge in [-0.15, -0.1) is 0 Å². The Hall–Kier alpha value is -2.26. The molecule has 1 N–H and O–H groups in total. The number of carbonyl (C=O) groups is 1. The molecule has 1 aliphatic carbocycles. The average Bonchev–Trinajstić information content (AvgIpc) is 3.39. The molecule has 2 aromatic rings. The van der Waals surface area contributed by atoms with Gasteiger partial charge >= 0.3 is 5.97 Å². The predicted octanol–water partition coefficient (Wildman–Crippen LogP) is 2.41. The molecule has 9 heteroatoms. The van der Waals surface area contributed by atoms with Gasteiger partial charge in [-0.25, -0.2) is 8.42 Å². The summed E-state index contributed by atoms with van der Waals surface area (Å²) in [7, 11) is -3.72. The molecule has 1 aliphatic heterocycles. The number of carboxylic acid groups (broad SMARTS) is 1. The Morgan fingerprint density at radius 2 is 1.93 bits per heavy atom. The fourth-order valence-electron chi connectivity index (χ4n) is 3.35. The van der Waals surface area contributed by atoms with Crippen LogP contribution in [0.1, 0.15) is 43.1 Å². The van der Waals surface area contributed by atoms with Crippen molar-refractivity contribution in [2.24, 2.45) is 5.92 Å². The van der Waals surface area contributed by atoms with Crippen LogP contribution in [0.2, 0.25) is 0 Å². The van der Waals surface area contributed by atoms with Crippen molar-refractivity contribution in [1.29, 1.82) is 0 Å². The van der Waals surface area contributed by atoms with Gasteiger partial charge in [-0.2, -0.15) is 9.29 Å². The molecule has 2 heterocycles. The second-order valence-electron chi connectivity index (χ2n) is 7.23. The molecule has 0 unspecified atom stereocenters. The van der Waals surface area contributed by atoms with Crippen molar-refractivity contribution < 1.29 is 22.8 Å². The largest absolute Gasteiger partial charge is 0.481 e. The molecule has 0 amide bonds. The molecule has 2 aliphatic rings. The molecule has 0 spiro atoms. The number of benzene rings is 1. The zero-order valence-corrected chi connectivity index (χ0v) is 15.8. The van der Waals surface area contributed by atoms with E-state index >= 15 is 0 Å². The third-order valence-corrected chi connectivity index (χ3v) is 7.28. The number of piperidine rings is 1. The van der Waals surface area contributed by atoms with E-state index in [2.05, 4.69) is 10.1 Å². The minimum Gasteiger partial charge on any atom is -0.481 e. The zero-order valence-electron chi connectivity index (χ0n) is 15.0. The zero-order chi connectivity index (χ0) is 19.2. The van der Waals surface area contributed by atoms with Crippen LogP contribution < -0.4 is 0 Å². The maximum absolute atomic E-state index is 13.1. The molecule has 1 saturated heterocycles. The highest BCUT2D eigenvalue weighted by Gasteiger charge is 2.33. The van der Waals surface area contributed by atoms with Gasteiger partial charge in [0.15, 0.2) is 0 Å². The maximum atomic E-state index is 13.1. The number of hydrogen-bond acceptors (Lipinski definition) is 6. The van der Waals surface area contributed by atoms with Gasteiger partial charge in [-0.1, -0.05) is 17.3 Å². The fourth-order valence-corrected chi connectivity index (χ4v) is 5.07. The first kappa shape index (κ1) is 18.1. The van der Waals surface area contributed by atoms with Gasteiger partial charge < -0.3 is 9.63 Å². The van der Waals surface area contributed by atoms with E-state index in [4.69, 9.17) is 9.63 Å². The topological polar surface area (TPSA) is 114 Å². The van der Waals surface area contributed by atoms with Crippen molar-refractivity contribution in [2.45, 2.75) is 43.4 Å². The molecule has 4 rings (SSSR count). The van der Waals surface area contributed by atoms with E-state index in [9.17, 15) is 13.2 Å². The Morgan fingerprint density at radius 1 is 1.22 bits per heavy atom. The van der Waals surface area contributed by atoms with Crippen LogP contribution in [0.25, 0.3) is 11.4 Å². The summed E-state index contributed by atoms with van der Waals surface area (Å²) in [5.74, 6) is -0.0306. The van der Waals surface area contributed by atoms with Gasteiger partial charge in [0.25, 0.3) is 0 Å². The first-order valence-electron chi connectivity index (χ1n) is 9.04. The molecular weight excluding hydrogens is 370 g/mol. The van der Waals surface area contributed by atoms with Gasteiger partial charge in [0.2, 0.25) is 21.7 Å². The van der Waals surface area contributed by atoms with Crippen LogP contribution >= 0.6 is 0 Å². The summed E-state index contributed by atoms with van der Waals surface area (Å²) in [4.78, 5) is 15.7. The number of nitrogens with zero attached hydrogens (tertiary/aromatic N) is 3. The van der Waals surface area contributed by atoms with E-state index in [-0.39, 0.29) is 18.0 Å². The van der Waals surface area contributed by atoms with Crippen molar-refractivity contribution in [1.82, 2.24) is 14.4 Å². The standard InChI is InChI=1S/C18H21N3O5S/c1-11-2-3-14(16-19-17(26-20-16)12-4-5-12)10-15(11)27(24,25)21-8-6-13(7-9-21)18(22)23/h2-3,10,12-13H,4-9H2,1H3,(H,22,23). The molecule has 0 bridgehead atoms. The van der Waals surface area contributed by atoms with Crippen LogP contribution in [0, 0.1) is 12.8 Å². The van der Waals surface area contributed by atoms with E-state index < -0.39 is 21.9 Å². The number of aromatic nitrogens is 2. The van der Waals surface area contributed by atoms with E-state index in [0.29, 0.717) is 41.6 Å². The van der Waals surface area contributed by atoms with E-state index in [1.807, 2.05) is 0 Å². The van der Waals surface area contributed by atoms with Gasteiger partial charge in [0.05, 0.1) is 10.8 Å². The van der Waals surface area contributed by atoms with Gasteiger partial charge in [-0.3, -0.25) is 4.79 Å². The lowest BCUT2D eigenvalue weighted by Gasteiger charge is -2.29. The summed E-state index contributed by atoms with van der Waals surface area (Å²) >= 11 is 0. The third-order valence-electron chi connectivity index (χ3n) is 5.24. The minimum absolute atomic E-state index is 0.201. The normalized spacial score (nSPS) is 19.3. The molecule has 8 nitrogen and oxygen atoms in total. The lowest BCUT2D eigenvalue weighted by Crippen LogP contribution is -2.40. The van der Waals surface area contributed by atoms with Crippen LogP contribution in [0.15, 0.2) is 27.6 Å². The highest BCUT2D eigenvalue weighted by Crippen LogP contribution is 2.39. The summed E-state index contributed by atoms with van der Waals surface area (Å²) in [6.45, 7) is 2.15. The molecule has 144 valence electrons. The molecule has 0 radical (unpaired) electrons. The fraction of sp³-hybridized carbons (Fsp3) is 0.500. The van der Waals surface area contributed by atoms with Crippen LogP contribution in [0.4, 0.5) is 0 Å². The number of carboxylic acids is 1. The number of hydrogen-bond donors (Lipinski definition) is 1. The number of rotatable bonds is 5. The molecule has 1 aromatic carbocycles. The van der Waals surface area contributed by atoms with Gasteiger partial charge in [0.1, 0.15) is 0 Å². The first-order chi connectivity index (χ1) is 12.9. The van der Waals surface area contributed by atoms with E-state index in [1.165, 1.54) is 4.31 Å². The number of aryl methyl sites for hydroxylation is 1. The van der Waals surface area contributed by atoms with E-state index in [1.54, 1.807) is 25.1 Å². The monoisotopic (exact) mass is 391 g/mol. The molecule has 2 fully saturated rings. The third kappa shape index (κ3) is 3.49. The second-order valence-corrected chi connectivity index (χ2v) is 9.13. The summed E-state index contributed by atoms with van der Waals surface area (Å²) in [5, 5.41) is 13.1. The highest BCUT2D eigenvalue weighted by molar-refractivity contribution is 7.89. The Morgan fingerprint density at radius 3 is 2.56 bits per heavy atom. The quantitative estimate of drug-likeness (QED) is 0.832. The first-order valence-corrected chi connectivity index (χ1v) is 10.5. The van der Waals surface area contributed by atoms with Crippen molar-refractivity contribution in [3.8, 4) is 11.4 Å². The smallest absolute Gasteiger partial charge is 0.306 e. The van der Waals surface area contributed by atoms with Gasteiger partial charge in [0, 0.05) is 24.6 Å². The molecular formula is C18H21N3O5S. The van der Waals surface area contributed by atoms with Crippen molar-refractivity contribution in [3.05, 3.63) is 29.7 Å². The number of sulfonamides is 1. The molecule has 1 saturated carbocycles. The second kappa shape index (κ2) is 6.72. The summed E-state index contributed by atoms with van der Waals surface area (Å²) < 4.78 is 32.8. The highest BCUT2D eigenvalue weighted by atomic mass is 32.2. The Balaban J connectivity index is 1.61. The average molecular weight is 391 g/mol. The summed E-state index contributed by atoms with van der Waals surface area (Å²) in [5.41, 5.74) is 1.22. The van der Waals surface area contributed by atoms with Crippen molar-refractivity contribution in [3.63, 3.8) is 0 Å². The van der Waals surface area contributed by atoms with Crippen LogP contribution in [-0.2, 0) is 14.8 Å². The summed E-state index contributed by atoms with van der Waals surface area (Å²) in [6, 6.07) is 5.10. The van der Waals surface area contributed by atoms with Gasteiger partial charge in [-0.05, 0) is 44.2 Å². The molecule has 0 atom stereocenters. The lowest BCUT2D eigenvalue weighted by atomic mass is 9.99. The maximum Gasteiger partial charge on any atom is 0.306 e. The number of aliphatic carboxylic acids is 1. The lowest BCUT2D eigenvalue weighted by molar-refractivity contribution is -0.142. The van der Waals surface area contributed by atoms with Crippen molar-refractivity contribution in [2.75, 3.05) is 13.1 Å². The Kier molecular flexibility index (Phi) is 4.51. The van der Waals surface area contributed by atoms with Crippen LogP contribution in [0.3, 0.4) is 0 Å². The molecule has 27 heavy (non-hydrogen) atoms. The Bertz CT molecular complexity index is 973. The SMILES string of the molecule is Cc1ccc(-c2noc(C3CC3)n2)cc1S(=O)(=O)N1CCC(C(=O)O)CC1.